The second kappa shape index (κ2) is 8.22. The van der Waals surface area contributed by atoms with Crippen molar-refractivity contribution < 1.29 is 22.7 Å². The van der Waals surface area contributed by atoms with Gasteiger partial charge >= 0.3 is 5.97 Å². The summed E-state index contributed by atoms with van der Waals surface area (Å²) in [4.78, 5) is 24.3. The molecule has 0 saturated carbocycles. The molecule has 27 heavy (non-hydrogen) atoms. The average molecular weight is 390 g/mol. The summed E-state index contributed by atoms with van der Waals surface area (Å²) in [6.45, 7) is 5.53. The highest BCUT2D eigenvalue weighted by Gasteiger charge is 2.13. The van der Waals surface area contributed by atoms with Crippen LogP contribution in [0.5, 0.6) is 0 Å². The fourth-order valence-electron chi connectivity index (χ4n) is 2.41. The normalized spacial score (nSPS) is 11.0. The molecular weight excluding hydrogens is 368 g/mol. The van der Waals surface area contributed by atoms with Crippen LogP contribution in [0.1, 0.15) is 38.8 Å². The maximum Gasteiger partial charge on any atom is 0.338 e. The highest BCUT2D eigenvalue weighted by Crippen LogP contribution is 2.21. The molecule has 2 aromatic carbocycles. The minimum Gasteiger partial charge on any atom is -0.462 e. The summed E-state index contributed by atoms with van der Waals surface area (Å²) < 4.78 is 30.3. The Kier molecular flexibility index (Phi) is 6.22. The van der Waals surface area contributed by atoms with Crippen molar-refractivity contribution in [1.82, 2.24) is 0 Å². The number of carbonyl (C=O) groups excluding carboxylic acids is 2. The van der Waals surface area contributed by atoms with Gasteiger partial charge in [0.25, 0.3) is 5.91 Å². The molecule has 144 valence electrons. The van der Waals surface area contributed by atoms with Crippen molar-refractivity contribution in [1.29, 1.82) is 0 Å². The van der Waals surface area contributed by atoms with E-state index in [2.05, 4.69) is 10.0 Å². The van der Waals surface area contributed by atoms with Crippen LogP contribution < -0.4 is 10.0 Å². The summed E-state index contributed by atoms with van der Waals surface area (Å²) >= 11 is 0. The van der Waals surface area contributed by atoms with Crippen molar-refractivity contribution >= 4 is 33.3 Å². The topological polar surface area (TPSA) is 102 Å². The number of esters is 1. The fraction of sp³-hybridized carbons (Fsp3) is 0.263. The number of nitrogens with one attached hydrogen (secondary N) is 2. The number of anilines is 2. The molecule has 2 rings (SSSR count). The van der Waals surface area contributed by atoms with Crippen LogP contribution in [0.2, 0.25) is 0 Å². The van der Waals surface area contributed by atoms with Crippen LogP contribution in [-0.2, 0) is 14.8 Å². The number of rotatable bonds is 6. The molecule has 1 amide bonds. The first-order valence-corrected chi connectivity index (χ1v) is 10.2. The van der Waals surface area contributed by atoms with Crippen molar-refractivity contribution in [2.24, 2.45) is 0 Å². The lowest BCUT2D eigenvalue weighted by atomic mass is 10.1. The van der Waals surface area contributed by atoms with Crippen LogP contribution in [0.3, 0.4) is 0 Å². The van der Waals surface area contributed by atoms with Crippen LogP contribution in [0, 0.1) is 13.8 Å². The minimum absolute atomic E-state index is 0.285. The molecule has 0 aliphatic carbocycles. The van der Waals surface area contributed by atoms with E-state index in [1.54, 1.807) is 51.1 Å². The van der Waals surface area contributed by atoms with Gasteiger partial charge in [-0.1, -0.05) is 6.07 Å². The summed E-state index contributed by atoms with van der Waals surface area (Å²) in [7, 11) is -3.45. The van der Waals surface area contributed by atoms with E-state index in [1.165, 1.54) is 6.07 Å². The molecule has 2 aromatic rings. The minimum atomic E-state index is -3.45. The highest BCUT2D eigenvalue weighted by molar-refractivity contribution is 7.92. The second-order valence-corrected chi connectivity index (χ2v) is 7.86. The van der Waals surface area contributed by atoms with Crippen LogP contribution >= 0.6 is 0 Å². The van der Waals surface area contributed by atoms with Crippen molar-refractivity contribution in [3.63, 3.8) is 0 Å². The van der Waals surface area contributed by atoms with Gasteiger partial charge in [-0.3, -0.25) is 9.52 Å². The van der Waals surface area contributed by atoms with Crippen molar-refractivity contribution in [2.75, 3.05) is 22.9 Å². The van der Waals surface area contributed by atoms with E-state index in [1.807, 2.05) is 0 Å². The fourth-order valence-corrected chi connectivity index (χ4v) is 3.03. The van der Waals surface area contributed by atoms with E-state index in [9.17, 15) is 18.0 Å². The molecule has 2 N–H and O–H groups in total. The Balaban J connectivity index is 2.22. The molecule has 8 heteroatoms. The van der Waals surface area contributed by atoms with Gasteiger partial charge in [0.2, 0.25) is 10.0 Å². The number of ether oxygens (including phenoxy) is 1. The van der Waals surface area contributed by atoms with Crippen LogP contribution in [0.4, 0.5) is 11.4 Å². The van der Waals surface area contributed by atoms with Crippen LogP contribution in [0.15, 0.2) is 36.4 Å². The summed E-state index contributed by atoms with van der Waals surface area (Å²) in [6, 6.07) is 9.60. The molecule has 0 fully saturated rings. The smallest absolute Gasteiger partial charge is 0.338 e. The molecular formula is C19H22N2O5S. The summed E-state index contributed by atoms with van der Waals surface area (Å²) in [5.74, 6) is -0.813. The zero-order valence-corrected chi connectivity index (χ0v) is 16.4. The molecule has 0 aromatic heterocycles. The molecule has 0 unspecified atom stereocenters. The Hall–Kier alpha value is -2.87. The third kappa shape index (κ3) is 5.55. The van der Waals surface area contributed by atoms with E-state index >= 15 is 0 Å². The summed E-state index contributed by atoms with van der Waals surface area (Å²) in [5.41, 5.74) is 3.01. The van der Waals surface area contributed by atoms with E-state index < -0.39 is 21.9 Å². The van der Waals surface area contributed by atoms with E-state index in [-0.39, 0.29) is 6.61 Å². The third-order valence-electron chi connectivity index (χ3n) is 3.78. The Labute approximate surface area is 158 Å². The number of aryl methyl sites for hydroxylation is 2. The molecule has 0 spiro atoms. The van der Waals surface area contributed by atoms with Gasteiger partial charge in [-0.25, -0.2) is 13.2 Å². The number of benzene rings is 2. The first-order chi connectivity index (χ1) is 12.6. The van der Waals surface area contributed by atoms with Crippen molar-refractivity contribution in [3.8, 4) is 0 Å². The second-order valence-electron chi connectivity index (χ2n) is 6.11. The van der Waals surface area contributed by atoms with Gasteiger partial charge in [-0.05, 0) is 62.2 Å². The SMILES string of the molecule is CCOC(=O)c1ccc(NC(=O)c2ccc(C)c(NS(C)(=O)=O)c2)c(C)c1. The number of hydrogen-bond acceptors (Lipinski definition) is 5. The number of sulfonamides is 1. The monoisotopic (exact) mass is 390 g/mol. The van der Waals surface area contributed by atoms with E-state index in [0.717, 1.165) is 6.26 Å². The standard InChI is InChI=1S/C19H22N2O5S/c1-5-26-19(23)15-8-9-16(13(3)10-15)20-18(22)14-7-6-12(2)17(11-14)21-27(4,24)25/h6-11,21H,5H2,1-4H3,(H,20,22). The van der Waals surface area contributed by atoms with E-state index in [4.69, 9.17) is 4.74 Å². The van der Waals surface area contributed by atoms with Gasteiger partial charge in [0.15, 0.2) is 0 Å². The quantitative estimate of drug-likeness (QED) is 0.738. The molecule has 0 radical (unpaired) electrons. The first-order valence-electron chi connectivity index (χ1n) is 8.28. The van der Waals surface area contributed by atoms with Gasteiger partial charge in [-0.15, -0.1) is 0 Å². The zero-order valence-electron chi connectivity index (χ0n) is 15.6. The van der Waals surface area contributed by atoms with Gasteiger partial charge in [0.05, 0.1) is 24.1 Å². The predicted octanol–water partition coefficient (Wildman–Crippen LogP) is 3.10. The lowest BCUT2D eigenvalue weighted by Gasteiger charge is -2.12. The number of amides is 1. The Morgan fingerprint density at radius 2 is 1.63 bits per heavy atom. The molecule has 0 atom stereocenters. The molecule has 0 heterocycles. The molecule has 0 aliphatic rings. The van der Waals surface area contributed by atoms with Gasteiger partial charge in [0, 0.05) is 11.3 Å². The third-order valence-corrected chi connectivity index (χ3v) is 4.37. The molecule has 0 saturated heterocycles. The molecule has 0 aliphatic heterocycles. The van der Waals surface area contributed by atoms with Gasteiger partial charge in [0.1, 0.15) is 0 Å². The number of carbonyl (C=O) groups is 2. The average Bonchev–Trinajstić information content (AvgIpc) is 2.57. The largest absolute Gasteiger partial charge is 0.462 e. The molecule has 7 nitrogen and oxygen atoms in total. The first kappa shape index (κ1) is 20.4. The summed E-state index contributed by atoms with van der Waals surface area (Å²) in [5, 5.41) is 2.77. The zero-order chi connectivity index (χ0) is 20.2. The van der Waals surface area contributed by atoms with Crippen molar-refractivity contribution in [3.05, 3.63) is 58.7 Å². The lowest BCUT2D eigenvalue weighted by Crippen LogP contribution is -2.15. The Morgan fingerprint density at radius 1 is 0.963 bits per heavy atom. The van der Waals surface area contributed by atoms with Gasteiger partial charge < -0.3 is 10.1 Å². The number of hydrogen-bond donors (Lipinski definition) is 2. The maximum absolute atomic E-state index is 12.5. The van der Waals surface area contributed by atoms with E-state index in [0.29, 0.717) is 33.6 Å². The Bertz CT molecular complexity index is 984. The van der Waals surface area contributed by atoms with Gasteiger partial charge in [-0.2, -0.15) is 0 Å². The highest BCUT2D eigenvalue weighted by atomic mass is 32.2. The maximum atomic E-state index is 12.5. The van der Waals surface area contributed by atoms with Crippen LogP contribution in [0.25, 0.3) is 0 Å². The van der Waals surface area contributed by atoms with Crippen molar-refractivity contribution in [2.45, 2.75) is 20.8 Å². The Morgan fingerprint density at radius 3 is 2.22 bits per heavy atom. The summed E-state index contributed by atoms with van der Waals surface area (Å²) in [6.07, 6.45) is 1.05. The van der Waals surface area contributed by atoms with Crippen LogP contribution in [-0.4, -0.2) is 33.2 Å². The molecule has 0 bridgehead atoms. The lowest BCUT2D eigenvalue weighted by molar-refractivity contribution is 0.0526. The predicted molar refractivity (Wildman–Crippen MR) is 105 cm³/mol.